The minimum atomic E-state index is -1.58. The number of carbonyl (C=O) groups excluding carboxylic acids is 1. The van der Waals surface area contributed by atoms with E-state index in [1.807, 2.05) is 0 Å². The van der Waals surface area contributed by atoms with E-state index >= 15 is 0 Å². The summed E-state index contributed by atoms with van der Waals surface area (Å²) in [6.07, 6.45) is 0. The zero-order valence-electron chi connectivity index (χ0n) is 11.3. The molecule has 2 N–H and O–H groups in total. The molecule has 8 heteroatoms. The zero-order valence-corrected chi connectivity index (χ0v) is 12.1. The molecule has 0 aromatic heterocycles. The molecule has 0 fully saturated rings. The quantitative estimate of drug-likeness (QED) is 0.802. The highest BCUT2D eigenvalue weighted by molar-refractivity contribution is 7.85. The molecule has 0 aliphatic carbocycles. The fourth-order valence-corrected chi connectivity index (χ4v) is 3.01. The van der Waals surface area contributed by atoms with E-state index in [-0.39, 0.29) is 5.75 Å². The first-order chi connectivity index (χ1) is 9.97. The van der Waals surface area contributed by atoms with Gasteiger partial charge in [0.2, 0.25) is 5.91 Å². The molecule has 1 amide bonds. The van der Waals surface area contributed by atoms with Crippen molar-refractivity contribution in [1.82, 2.24) is 5.32 Å². The van der Waals surface area contributed by atoms with Crippen molar-refractivity contribution in [2.24, 2.45) is 0 Å². The van der Waals surface area contributed by atoms with Gasteiger partial charge in [0.1, 0.15) is 19.3 Å². The van der Waals surface area contributed by atoms with Gasteiger partial charge < -0.3 is 19.9 Å². The van der Waals surface area contributed by atoms with Gasteiger partial charge in [-0.2, -0.15) is 0 Å². The maximum Gasteiger partial charge on any atom is 0.327 e. The molecule has 0 radical (unpaired) electrons. The van der Waals surface area contributed by atoms with Crippen LogP contribution < -0.4 is 14.8 Å². The number of aliphatic carboxylic acids is 1. The van der Waals surface area contributed by atoms with E-state index in [4.69, 9.17) is 14.6 Å². The summed E-state index contributed by atoms with van der Waals surface area (Å²) in [5.74, 6) is -0.871. The summed E-state index contributed by atoms with van der Waals surface area (Å²) in [5, 5.41) is 11.3. The fourth-order valence-electron chi connectivity index (χ4n) is 1.83. The average Bonchev–Trinajstić information content (AvgIpc) is 2.45. The van der Waals surface area contributed by atoms with E-state index in [0.717, 1.165) is 0 Å². The molecule has 0 saturated heterocycles. The number of fused-ring (bicyclic) bond motifs is 1. The molecule has 2 atom stereocenters. The molecular weight excluding hydrogens is 298 g/mol. The second-order valence-electron chi connectivity index (χ2n) is 4.41. The number of carboxylic acid groups (broad SMARTS) is 1. The highest BCUT2D eigenvalue weighted by Crippen LogP contribution is 2.31. The van der Waals surface area contributed by atoms with Gasteiger partial charge in [0.05, 0.1) is 16.6 Å². The van der Waals surface area contributed by atoms with Crippen LogP contribution in [0.2, 0.25) is 0 Å². The highest BCUT2D eigenvalue weighted by Gasteiger charge is 2.23. The SMILES string of the molecule is CC(=O)NC(CS(=O)c1ccc2c(c1)OCCO2)C(=O)O. The number of nitrogens with one attached hydrogen (secondary N) is 1. The maximum absolute atomic E-state index is 12.2. The number of hydrogen-bond donors (Lipinski definition) is 2. The Kier molecular flexibility index (Phi) is 4.79. The van der Waals surface area contributed by atoms with Crippen LogP contribution in [0.1, 0.15) is 6.92 Å². The van der Waals surface area contributed by atoms with Crippen LogP contribution in [0.3, 0.4) is 0 Å². The second-order valence-corrected chi connectivity index (χ2v) is 5.90. The first-order valence-corrected chi connectivity index (χ1v) is 7.57. The van der Waals surface area contributed by atoms with E-state index in [1.165, 1.54) is 6.92 Å². The van der Waals surface area contributed by atoms with Crippen molar-refractivity contribution in [3.8, 4) is 11.5 Å². The number of rotatable bonds is 5. The number of benzene rings is 1. The van der Waals surface area contributed by atoms with Crippen molar-refractivity contribution in [2.75, 3.05) is 19.0 Å². The molecule has 114 valence electrons. The van der Waals surface area contributed by atoms with E-state index in [2.05, 4.69) is 5.32 Å². The van der Waals surface area contributed by atoms with Gasteiger partial charge in [0, 0.05) is 17.9 Å². The Morgan fingerprint density at radius 3 is 2.62 bits per heavy atom. The fraction of sp³-hybridized carbons (Fsp3) is 0.385. The van der Waals surface area contributed by atoms with Crippen LogP contribution in [0, 0.1) is 0 Å². The molecule has 1 aromatic carbocycles. The smallest absolute Gasteiger partial charge is 0.327 e. The van der Waals surface area contributed by atoms with Crippen LogP contribution in [-0.4, -0.2) is 46.2 Å². The third-order valence-corrected chi connectivity index (χ3v) is 4.19. The first kappa shape index (κ1) is 15.3. The lowest BCUT2D eigenvalue weighted by molar-refractivity contribution is -0.140. The van der Waals surface area contributed by atoms with Crippen molar-refractivity contribution in [2.45, 2.75) is 17.9 Å². The molecule has 7 nitrogen and oxygen atoms in total. The number of carbonyl (C=O) groups is 2. The molecule has 21 heavy (non-hydrogen) atoms. The Labute approximate surface area is 123 Å². The lowest BCUT2D eigenvalue weighted by Crippen LogP contribution is -2.43. The van der Waals surface area contributed by atoms with Crippen LogP contribution in [0.4, 0.5) is 0 Å². The van der Waals surface area contributed by atoms with E-state index in [9.17, 15) is 13.8 Å². The van der Waals surface area contributed by atoms with Gasteiger partial charge in [-0.1, -0.05) is 0 Å². The molecule has 1 aliphatic rings. The Morgan fingerprint density at radius 2 is 2.00 bits per heavy atom. The van der Waals surface area contributed by atoms with Gasteiger partial charge in [-0.3, -0.25) is 9.00 Å². The van der Waals surface area contributed by atoms with Crippen molar-refractivity contribution in [3.05, 3.63) is 18.2 Å². The van der Waals surface area contributed by atoms with Crippen LogP contribution in [0.25, 0.3) is 0 Å². The van der Waals surface area contributed by atoms with Crippen molar-refractivity contribution < 1.29 is 28.4 Å². The van der Waals surface area contributed by atoms with E-state index in [1.54, 1.807) is 18.2 Å². The standard InChI is InChI=1S/C13H15NO6S/c1-8(15)14-10(13(16)17)7-21(18)9-2-3-11-12(6-9)20-5-4-19-11/h2-3,6,10H,4-5,7H2,1H3,(H,14,15)(H,16,17). The van der Waals surface area contributed by atoms with Crippen molar-refractivity contribution in [3.63, 3.8) is 0 Å². The summed E-state index contributed by atoms with van der Waals surface area (Å²) >= 11 is 0. The largest absolute Gasteiger partial charge is 0.486 e. The Bertz CT molecular complexity index is 588. The van der Waals surface area contributed by atoms with Crippen molar-refractivity contribution in [1.29, 1.82) is 0 Å². The normalized spacial score (nSPS) is 15.9. The number of carboxylic acids is 1. The molecule has 0 bridgehead atoms. The lowest BCUT2D eigenvalue weighted by atomic mass is 10.3. The summed E-state index contributed by atoms with van der Waals surface area (Å²) in [4.78, 5) is 22.4. The predicted octanol–water partition coefficient (Wildman–Crippen LogP) is 0.155. The number of amides is 1. The van der Waals surface area contributed by atoms with Crippen LogP contribution in [0.5, 0.6) is 11.5 Å². The lowest BCUT2D eigenvalue weighted by Gasteiger charge is -2.19. The molecule has 1 aliphatic heterocycles. The van der Waals surface area contributed by atoms with Crippen molar-refractivity contribution >= 4 is 22.7 Å². The topological polar surface area (TPSA) is 102 Å². The minimum Gasteiger partial charge on any atom is -0.486 e. The van der Waals surface area contributed by atoms with Crippen LogP contribution >= 0.6 is 0 Å². The Hall–Kier alpha value is -2.09. The van der Waals surface area contributed by atoms with Gasteiger partial charge >= 0.3 is 5.97 Å². The summed E-state index contributed by atoms with van der Waals surface area (Å²) in [6, 6.07) is 3.60. The summed E-state index contributed by atoms with van der Waals surface area (Å²) in [5.41, 5.74) is 0. The zero-order chi connectivity index (χ0) is 15.4. The van der Waals surface area contributed by atoms with Gasteiger partial charge in [-0.05, 0) is 12.1 Å². The van der Waals surface area contributed by atoms with Gasteiger partial charge in [-0.25, -0.2) is 4.79 Å². The summed E-state index contributed by atoms with van der Waals surface area (Å²) < 4.78 is 23.0. The van der Waals surface area contributed by atoms with Crippen LogP contribution in [0.15, 0.2) is 23.1 Å². The highest BCUT2D eigenvalue weighted by atomic mass is 32.2. The Balaban J connectivity index is 2.12. The van der Waals surface area contributed by atoms with E-state index < -0.39 is 28.7 Å². The number of ether oxygens (including phenoxy) is 2. The molecule has 0 spiro atoms. The summed E-state index contributed by atoms with van der Waals surface area (Å²) in [7, 11) is -1.58. The van der Waals surface area contributed by atoms with Gasteiger partial charge in [0.25, 0.3) is 0 Å². The second kappa shape index (κ2) is 6.57. The summed E-state index contributed by atoms with van der Waals surface area (Å²) in [6.45, 7) is 2.08. The minimum absolute atomic E-state index is 0.214. The third kappa shape index (κ3) is 3.94. The molecule has 1 aromatic rings. The average molecular weight is 313 g/mol. The van der Waals surface area contributed by atoms with E-state index in [0.29, 0.717) is 29.6 Å². The molecule has 2 rings (SSSR count). The maximum atomic E-state index is 12.2. The number of hydrogen-bond acceptors (Lipinski definition) is 5. The van der Waals surface area contributed by atoms with Gasteiger partial charge in [0.15, 0.2) is 11.5 Å². The molecule has 2 unspecified atom stereocenters. The molecule has 1 heterocycles. The monoisotopic (exact) mass is 313 g/mol. The van der Waals surface area contributed by atoms with Crippen LogP contribution in [-0.2, 0) is 20.4 Å². The molecular formula is C13H15NO6S. The first-order valence-electron chi connectivity index (χ1n) is 6.25. The molecule has 0 saturated carbocycles. The predicted molar refractivity (Wildman–Crippen MR) is 73.9 cm³/mol. The Morgan fingerprint density at radius 1 is 1.33 bits per heavy atom. The third-order valence-electron chi connectivity index (χ3n) is 2.77. The van der Waals surface area contributed by atoms with Gasteiger partial charge in [-0.15, -0.1) is 0 Å².